The van der Waals surface area contributed by atoms with E-state index in [9.17, 15) is 5.11 Å². The first-order valence-electron chi connectivity index (χ1n) is 9.85. The van der Waals surface area contributed by atoms with Crippen molar-refractivity contribution in [2.45, 2.75) is 25.3 Å². The van der Waals surface area contributed by atoms with Crippen LogP contribution in [-0.2, 0) is 12.8 Å². The van der Waals surface area contributed by atoms with Gasteiger partial charge in [-0.25, -0.2) is 0 Å². The second-order valence-electron chi connectivity index (χ2n) is 7.59. The van der Waals surface area contributed by atoms with Crippen LogP contribution < -0.4 is 15.4 Å². The summed E-state index contributed by atoms with van der Waals surface area (Å²) in [4.78, 5) is 9.30. The highest BCUT2D eigenvalue weighted by Crippen LogP contribution is 2.39. The standard InChI is InChI=1S/C22H24N4O2/c1-28-20-9-15-18(10-19(20)27)26-16-7-4-5-14(16)22(15)25-12-13-11-24-21(13)17-6-2-3-8-23-17/h2-3,6,8-10,13,21,24,27H,4-5,7,11-12H2,1H3,(H,25,26)/t13?,21-/m1/s1. The van der Waals surface area contributed by atoms with Crippen molar-refractivity contribution in [3.05, 3.63) is 53.5 Å². The molecule has 3 aromatic rings. The van der Waals surface area contributed by atoms with E-state index in [0.717, 1.165) is 60.3 Å². The highest BCUT2D eigenvalue weighted by molar-refractivity contribution is 5.96. The molecule has 28 heavy (non-hydrogen) atoms. The summed E-state index contributed by atoms with van der Waals surface area (Å²) in [5.74, 6) is 1.09. The van der Waals surface area contributed by atoms with Gasteiger partial charge in [0.1, 0.15) is 0 Å². The van der Waals surface area contributed by atoms with E-state index in [1.54, 1.807) is 13.2 Å². The predicted molar refractivity (Wildman–Crippen MR) is 109 cm³/mol. The average molecular weight is 376 g/mol. The zero-order valence-electron chi connectivity index (χ0n) is 15.9. The van der Waals surface area contributed by atoms with Crippen molar-refractivity contribution in [2.75, 3.05) is 25.5 Å². The molecular formula is C22H24N4O2. The maximum absolute atomic E-state index is 10.2. The first-order valence-corrected chi connectivity index (χ1v) is 9.85. The molecule has 6 nitrogen and oxygen atoms in total. The Hall–Kier alpha value is -2.86. The minimum atomic E-state index is 0.129. The van der Waals surface area contributed by atoms with Crippen LogP contribution in [0.1, 0.15) is 29.4 Å². The number of rotatable bonds is 5. The third kappa shape index (κ3) is 2.85. The van der Waals surface area contributed by atoms with E-state index in [2.05, 4.69) is 21.7 Å². The number of aromatic nitrogens is 2. The van der Waals surface area contributed by atoms with Crippen LogP contribution >= 0.6 is 0 Å². The predicted octanol–water partition coefficient (Wildman–Crippen LogP) is 3.21. The quantitative estimate of drug-likeness (QED) is 0.635. The zero-order valence-corrected chi connectivity index (χ0v) is 15.9. The first kappa shape index (κ1) is 17.3. The Bertz CT molecular complexity index is 1020. The number of hydrogen-bond donors (Lipinski definition) is 3. The van der Waals surface area contributed by atoms with Gasteiger partial charge in [0.15, 0.2) is 11.5 Å². The van der Waals surface area contributed by atoms with Gasteiger partial charge in [-0.15, -0.1) is 0 Å². The molecule has 1 aliphatic heterocycles. The van der Waals surface area contributed by atoms with Crippen LogP contribution in [0.5, 0.6) is 11.5 Å². The van der Waals surface area contributed by atoms with Gasteiger partial charge in [0, 0.05) is 48.0 Å². The molecule has 1 saturated heterocycles. The number of phenols is 1. The Kier molecular flexibility index (Phi) is 4.28. The number of phenolic OH excluding ortho intramolecular Hbond substituents is 1. The molecule has 3 heterocycles. The van der Waals surface area contributed by atoms with Gasteiger partial charge < -0.3 is 20.5 Å². The molecule has 1 unspecified atom stereocenters. The number of aryl methyl sites for hydroxylation is 1. The van der Waals surface area contributed by atoms with Gasteiger partial charge in [-0.2, -0.15) is 0 Å². The van der Waals surface area contributed by atoms with E-state index in [-0.39, 0.29) is 11.8 Å². The van der Waals surface area contributed by atoms with Crippen LogP contribution in [0.15, 0.2) is 36.5 Å². The lowest BCUT2D eigenvalue weighted by molar-refractivity contribution is 0.244. The van der Waals surface area contributed by atoms with Crippen LogP contribution in [0.4, 0.5) is 5.69 Å². The second-order valence-corrected chi connectivity index (χ2v) is 7.59. The van der Waals surface area contributed by atoms with Gasteiger partial charge in [-0.05, 0) is 43.0 Å². The van der Waals surface area contributed by atoms with Crippen LogP contribution in [0.2, 0.25) is 0 Å². The molecule has 2 aliphatic rings. The Balaban J connectivity index is 1.47. The molecule has 144 valence electrons. The molecular weight excluding hydrogens is 352 g/mol. The number of nitrogens with one attached hydrogen (secondary N) is 2. The van der Waals surface area contributed by atoms with Gasteiger partial charge in [-0.3, -0.25) is 9.97 Å². The Labute approximate surface area is 164 Å². The SMILES string of the molecule is COc1cc2c(NCC3CN[C@H]3c3ccccn3)c3c(nc2cc1O)CCC3. The summed E-state index contributed by atoms with van der Waals surface area (Å²) in [7, 11) is 1.58. The van der Waals surface area contributed by atoms with Crippen LogP contribution in [0.3, 0.4) is 0 Å². The number of fused-ring (bicyclic) bond motifs is 2. The molecule has 0 amide bonds. The Morgan fingerprint density at radius 1 is 1.29 bits per heavy atom. The third-order valence-electron chi connectivity index (χ3n) is 5.93. The van der Waals surface area contributed by atoms with Crippen molar-refractivity contribution in [3.8, 4) is 11.5 Å². The summed E-state index contributed by atoms with van der Waals surface area (Å²) in [5.41, 5.74) is 5.50. The molecule has 2 aromatic heterocycles. The summed E-state index contributed by atoms with van der Waals surface area (Å²) in [5, 5.41) is 18.4. The lowest BCUT2D eigenvalue weighted by atomic mass is 9.88. The highest BCUT2D eigenvalue weighted by Gasteiger charge is 2.32. The largest absolute Gasteiger partial charge is 0.504 e. The molecule has 0 radical (unpaired) electrons. The molecule has 5 rings (SSSR count). The van der Waals surface area contributed by atoms with Crippen molar-refractivity contribution in [3.63, 3.8) is 0 Å². The van der Waals surface area contributed by atoms with Crippen molar-refractivity contribution in [1.29, 1.82) is 0 Å². The summed E-state index contributed by atoms with van der Waals surface area (Å²) in [6, 6.07) is 9.96. The fourth-order valence-corrected chi connectivity index (χ4v) is 4.38. The third-order valence-corrected chi connectivity index (χ3v) is 5.93. The number of aromatic hydroxyl groups is 1. The monoisotopic (exact) mass is 376 g/mol. The van der Waals surface area contributed by atoms with Gasteiger partial charge in [0.2, 0.25) is 0 Å². The van der Waals surface area contributed by atoms with Gasteiger partial charge in [0.25, 0.3) is 0 Å². The minimum Gasteiger partial charge on any atom is -0.504 e. The second kappa shape index (κ2) is 6.95. The fourth-order valence-electron chi connectivity index (χ4n) is 4.38. The van der Waals surface area contributed by atoms with E-state index < -0.39 is 0 Å². The van der Waals surface area contributed by atoms with Crippen molar-refractivity contribution in [2.24, 2.45) is 5.92 Å². The van der Waals surface area contributed by atoms with E-state index in [1.165, 1.54) is 5.56 Å². The fraction of sp³-hybridized carbons (Fsp3) is 0.364. The number of benzene rings is 1. The lowest BCUT2D eigenvalue weighted by Gasteiger charge is -2.38. The highest BCUT2D eigenvalue weighted by atomic mass is 16.5. The van der Waals surface area contributed by atoms with Crippen LogP contribution in [0.25, 0.3) is 10.9 Å². The Morgan fingerprint density at radius 3 is 2.96 bits per heavy atom. The van der Waals surface area contributed by atoms with E-state index in [1.807, 2.05) is 24.4 Å². The molecule has 1 fully saturated rings. The number of ether oxygens (including phenoxy) is 1. The van der Waals surface area contributed by atoms with Crippen molar-refractivity contribution >= 4 is 16.6 Å². The summed E-state index contributed by atoms with van der Waals surface area (Å²) < 4.78 is 5.34. The number of anilines is 1. The molecule has 3 N–H and O–H groups in total. The lowest BCUT2D eigenvalue weighted by Crippen LogP contribution is -2.49. The smallest absolute Gasteiger partial charge is 0.161 e. The number of nitrogens with zero attached hydrogens (tertiary/aromatic N) is 2. The zero-order chi connectivity index (χ0) is 19.1. The first-order chi connectivity index (χ1) is 13.7. The number of methoxy groups -OCH3 is 1. The number of pyridine rings is 2. The molecule has 0 saturated carbocycles. The van der Waals surface area contributed by atoms with E-state index >= 15 is 0 Å². The van der Waals surface area contributed by atoms with Gasteiger partial charge in [0.05, 0.1) is 24.4 Å². The summed E-state index contributed by atoms with van der Waals surface area (Å²) in [6.45, 7) is 1.84. The molecule has 1 aromatic carbocycles. The van der Waals surface area contributed by atoms with Crippen LogP contribution in [-0.4, -0.2) is 35.3 Å². The normalized spacial score (nSPS) is 20.6. The molecule has 6 heteroatoms. The van der Waals surface area contributed by atoms with Gasteiger partial charge in [-0.1, -0.05) is 6.07 Å². The van der Waals surface area contributed by atoms with Crippen molar-refractivity contribution < 1.29 is 9.84 Å². The Morgan fingerprint density at radius 2 is 2.21 bits per heavy atom. The molecule has 0 bridgehead atoms. The summed E-state index contributed by atoms with van der Waals surface area (Å²) in [6.07, 6.45) is 5.00. The van der Waals surface area contributed by atoms with Crippen LogP contribution in [0, 0.1) is 5.92 Å². The topological polar surface area (TPSA) is 79.3 Å². The maximum Gasteiger partial charge on any atom is 0.161 e. The summed E-state index contributed by atoms with van der Waals surface area (Å²) >= 11 is 0. The molecule has 0 spiro atoms. The van der Waals surface area contributed by atoms with E-state index in [4.69, 9.17) is 9.72 Å². The molecule has 1 aliphatic carbocycles. The van der Waals surface area contributed by atoms with Gasteiger partial charge >= 0.3 is 0 Å². The van der Waals surface area contributed by atoms with E-state index in [0.29, 0.717) is 11.7 Å². The van der Waals surface area contributed by atoms with Crippen molar-refractivity contribution in [1.82, 2.24) is 15.3 Å². The number of hydrogen-bond acceptors (Lipinski definition) is 6. The average Bonchev–Trinajstić information content (AvgIpc) is 3.15. The maximum atomic E-state index is 10.2. The minimum absolute atomic E-state index is 0.129. The molecule has 2 atom stereocenters.